The van der Waals surface area contributed by atoms with E-state index < -0.39 is 5.82 Å². The van der Waals surface area contributed by atoms with Gasteiger partial charge in [0.2, 0.25) is 0 Å². The van der Waals surface area contributed by atoms with Crippen LogP contribution >= 0.6 is 0 Å². The third-order valence-corrected chi connectivity index (χ3v) is 2.69. The van der Waals surface area contributed by atoms with E-state index in [-0.39, 0.29) is 17.4 Å². The minimum absolute atomic E-state index is 0.121. The lowest BCUT2D eigenvalue weighted by molar-refractivity contribution is -0.108. The number of carbonyl (C=O) groups excluding carboxylic acids is 1. The van der Waals surface area contributed by atoms with E-state index in [0.29, 0.717) is 17.5 Å². The highest BCUT2D eigenvalue weighted by Gasteiger charge is 2.18. The molecule has 0 saturated heterocycles. The Morgan fingerprint density at radius 1 is 1.62 bits per heavy atom. The highest BCUT2D eigenvalue weighted by Crippen LogP contribution is 2.37. The van der Waals surface area contributed by atoms with E-state index in [2.05, 4.69) is 0 Å². The van der Waals surface area contributed by atoms with Crippen LogP contribution in [0.15, 0.2) is 6.07 Å². The quantitative estimate of drug-likeness (QED) is 0.802. The number of phenols is 1. The van der Waals surface area contributed by atoms with Gasteiger partial charge in [0.15, 0.2) is 17.3 Å². The van der Waals surface area contributed by atoms with Crippen LogP contribution in [-0.4, -0.2) is 18.5 Å². The Hall–Kier alpha value is -1.58. The molecular formula is C12H15FO3. The number of carbonyl (C=O) groups is 1. The van der Waals surface area contributed by atoms with Gasteiger partial charge in [-0.15, -0.1) is 0 Å². The first kappa shape index (κ1) is 12.5. The summed E-state index contributed by atoms with van der Waals surface area (Å²) in [5, 5.41) is 9.72. The molecule has 4 heteroatoms. The number of aromatic hydroxyl groups is 1. The monoisotopic (exact) mass is 226 g/mol. The predicted molar refractivity (Wildman–Crippen MR) is 58.4 cm³/mol. The molecule has 0 fully saturated rings. The molecule has 0 amide bonds. The summed E-state index contributed by atoms with van der Waals surface area (Å²) in [5.41, 5.74) is 1.18. The lowest BCUT2D eigenvalue weighted by Crippen LogP contribution is -2.01. The second kappa shape index (κ2) is 4.96. The fraction of sp³-hybridized carbons (Fsp3) is 0.417. The maximum atomic E-state index is 13.5. The second-order valence-electron chi connectivity index (χ2n) is 3.76. The van der Waals surface area contributed by atoms with E-state index in [1.165, 1.54) is 13.2 Å². The first-order valence-electron chi connectivity index (χ1n) is 5.02. The first-order valence-corrected chi connectivity index (χ1v) is 5.02. The minimum atomic E-state index is -0.613. The Morgan fingerprint density at radius 2 is 2.25 bits per heavy atom. The predicted octanol–water partition coefficient (Wildman–Crippen LogP) is 2.54. The molecule has 1 aromatic rings. The van der Waals surface area contributed by atoms with Crippen molar-refractivity contribution < 1.29 is 19.0 Å². The van der Waals surface area contributed by atoms with Gasteiger partial charge in [0.05, 0.1) is 7.11 Å². The van der Waals surface area contributed by atoms with Gasteiger partial charge in [-0.25, -0.2) is 4.39 Å². The van der Waals surface area contributed by atoms with Crippen LogP contribution < -0.4 is 4.74 Å². The van der Waals surface area contributed by atoms with Crippen molar-refractivity contribution >= 4 is 6.29 Å². The van der Waals surface area contributed by atoms with E-state index in [4.69, 9.17) is 4.74 Å². The maximum absolute atomic E-state index is 13.5. The van der Waals surface area contributed by atoms with E-state index in [1.54, 1.807) is 6.92 Å². The van der Waals surface area contributed by atoms with E-state index in [1.807, 2.05) is 6.92 Å². The van der Waals surface area contributed by atoms with Crippen LogP contribution in [0.2, 0.25) is 0 Å². The van der Waals surface area contributed by atoms with Crippen molar-refractivity contribution in [2.75, 3.05) is 7.11 Å². The standard InChI is InChI=1S/C12H15FO3/c1-7(4-5-14)9-6-10(13)12(16-3)11(15)8(9)2/h5-7,15H,4H2,1-3H3. The summed E-state index contributed by atoms with van der Waals surface area (Å²) >= 11 is 0. The summed E-state index contributed by atoms with van der Waals surface area (Å²) in [7, 11) is 1.30. The Bertz CT molecular complexity index is 402. The van der Waals surface area contributed by atoms with Crippen molar-refractivity contribution in [1.82, 2.24) is 0 Å². The number of ether oxygens (including phenoxy) is 1. The average Bonchev–Trinajstić information content (AvgIpc) is 2.24. The topological polar surface area (TPSA) is 46.5 Å². The van der Waals surface area contributed by atoms with Crippen molar-refractivity contribution in [3.8, 4) is 11.5 Å². The van der Waals surface area contributed by atoms with Gasteiger partial charge in [0.1, 0.15) is 6.29 Å². The Balaban J connectivity index is 3.27. The molecule has 0 aliphatic rings. The van der Waals surface area contributed by atoms with Gasteiger partial charge in [-0.1, -0.05) is 6.92 Å². The number of rotatable bonds is 4. The molecule has 0 heterocycles. The van der Waals surface area contributed by atoms with Gasteiger partial charge in [0, 0.05) is 6.42 Å². The van der Waals surface area contributed by atoms with Gasteiger partial charge in [-0.2, -0.15) is 0 Å². The summed E-state index contributed by atoms with van der Waals surface area (Å²) in [6.07, 6.45) is 1.08. The molecule has 0 aliphatic heterocycles. The number of aldehydes is 1. The molecular weight excluding hydrogens is 211 g/mol. The molecule has 16 heavy (non-hydrogen) atoms. The van der Waals surface area contributed by atoms with E-state index >= 15 is 0 Å². The lowest BCUT2D eigenvalue weighted by Gasteiger charge is -2.16. The lowest BCUT2D eigenvalue weighted by atomic mass is 9.93. The number of phenolic OH excluding ortho intramolecular Hbond substituents is 1. The first-order chi connectivity index (χ1) is 7.52. The summed E-state index contributed by atoms with van der Waals surface area (Å²) in [5.74, 6) is -1.09. The van der Waals surface area contributed by atoms with E-state index in [0.717, 1.165) is 6.29 Å². The normalized spacial score (nSPS) is 12.2. The van der Waals surface area contributed by atoms with Crippen molar-refractivity contribution in [3.63, 3.8) is 0 Å². The minimum Gasteiger partial charge on any atom is -0.504 e. The summed E-state index contributed by atoms with van der Waals surface area (Å²) in [6.45, 7) is 3.48. The van der Waals surface area contributed by atoms with Gasteiger partial charge < -0.3 is 14.6 Å². The zero-order chi connectivity index (χ0) is 12.3. The van der Waals surface area contributed by atoms with Gasteiger partial charge >= 0.3 is 0 Å². The average molecular weight is 226 g/mol. The fourth-order valence-electron chi connectivity index (χ4n) is 1.71. The molecule has 0 radical (unpaired) electrons. The summed E-state index contributed by atoms with van der Waals surface area (Å²) in [4.78, 5) is 10.4. The molecule has 88 valence electrons. The summed E-state index contributed by atoms with van der Waals surface area (Å²) in [6, 6.07) is 1.31. The molecule has 3 nitrogen and oxygen atoms in total. The zero-order valence-electron chi connectivity index (χ0n) is 9.58. The van der Waals surface area contributed by atoms with Crippen LogP contribution in [0.1, 0.15) is 30.4 Å². The molecule has 0 spiro atoms. The molecule has 0 saturated carbocycles. The van der Waals surface area contributed by atoms with Crippen LogP contribution in [-0.2, 0) is 4.79 Å². The van der Waals surface area contributed by atoms with Crippen LogP contribution in [0.4, 0.5) is 4.39 Å². The van der Waals surface area contributed by atoms with Crippen molar-refractivity contribution in [2.24, 2.45) is 0 Å². The molecule has 1 N–H and O–H groups in total. The van der Waals surface area contributed by atoms with Crippen molar-refractivity contribution in [2.45, 2.75) is 26.2 Å². The number of hydrogen-bond donors (Lipinski definition) is 1. The SMILES string of the molecule is COc1c(F)cc(C(C)CC=O)c(C)c1O. The molecule has 1 aromatic carbocycles. The largest absolute Gasteiger partial charge is 0.504 e. The number of methoxy groups -OCH3 is 1. The summed E-state index contributed by atoms with van der Waals surface area (Å²) < 4.78 is 18.3. The van der Waals surface area contributed by atoms with Crippen LogP contribution in [0.3, 0.4) is 0 Å². The van der Waals surface area contributed by atoms with Crippen LogP contribution in [0.5, 0.6) is 11.5 Å². The fourth-order valence-corrected chi connectivity index (χ4v) is 1.71. The van der Waals surface area contributed by atoms with Gasteiger partial charge in [0.25, 0.3) is 0 Å². The van der Waals surface area contributed by atoms with Gasteiger partial charge in [-0.3, -0.25) is 0 Å². The highest BCUT2D eigenvalue weighted by atomic mass is 19.1. The van der Waals surface area contributed by atoms with Crippen LogP contribution in [0.25, 0.3) is 0 Å². The van der Waals surface area contributed by atoms with Crippen LogP contribution in [0, 0.1) is 12.7 Å². The molecule has 0 bridgehead atoms. The van der Waals surface area contributed by atoms with E-state index in [9.17, 15) is 14.3 Å². The molecule has 0 aliphatic carbocycles. The number of hydrogen-bond acceptors (Lipinski definition) is 3. The Morgan fingerprint density at radius 3 is 2.75 bits per heavy atom. The Kier molecular flexibility index (Phi) is 3.88. The Labute approximate surface area is 93.9 Å². The number of benzene rings is 1. The molecule has 1 unspecified atom stereocenters. The van der Waals surface area contributed by atoms with Crippen molar-refractivity contribution in [1.29, 1.82) is 0 Å². The smallest absolute Gasteiger partial charge is 0.196 e. The molecule has 1 atom stereocenters. The second-order valence-corrected chi connectivity index (χ2v) is 3.76. The number of halogens is 1. The molecule has 0 aromatic heterocycles. The third-order valence-electron chi connectivity index (χ3n) is 2.69. The van der Waals surface area contributed by atoms with Crippen molar-refractivity contribution in [3.05, 3.63) is 23.0 Å². The third kappa shape index (κ3) is 2.15. The molecule has 1 rings (SSSR count). The zero-order valence-corrected chi connectivity index (χ0v) is 9.58. The van der Waals surface area contributed by atoms with Gasteiger partial charge in [-0.05, 0) is 30.0 Å². The highest BCUT2D eigenvalue weighted by molar-refractivity contribution is 5.55. The maximum Gasteiger partial charge on any atom is 0.196 e.